The predicted octanol–water partition coefficient (Wildman–Crippen LogP) is 0.621. The number of likely N-dealkylation sites (tertiary alicyclic amines) is 1. The van der Waals surface area contributed by atoms with Crippen molar-refractivity contribution < 1.29 is 14.3 Å². The van der Waals surface area contributed by atoms with Crippen LogP contribution in [0.15, 0.2) is 35.1 Å². The number of carbonyl (C=O) groups excluding carboxylic acids is 2. The molecule has 1 saturated heterocycles. The molecule has 0 saturated carbocycles. The normalized spacial score (nSPS) is 17.1. The Balaban J connectivity index is 1.22. The lowest BCUT2D eigenvalue weighted by Crippen LogP contribution is -2.47. The topological polar surface area (TPSA) is 101 Å². The first-order valence-electron chi connectivity index (χ1n) is 10.0. The summed E-state index contributed by atoms with van der Waals surface area (Å²) in [5.41, 5.74) is -0.227. The number of aromatic nitrogens is 3. The zero-order valence-electron chi connectivity index (χ0n) is 16.2. The highest BCUT2D eigenvalue weighted by molar-refractivity contribution is 5.80. The zero-order valence-corrected chi connectivity index (χ0v) is 16.2. The van der Waals surface area contributed by atoms with Gasteiger partial charge >= 0.3 is 5.69 Å². The van der Waals surface area contributed by atoms with Gasteiger partial charge in [0.05, 0.1) is 19.6 Å². The van der Waals surface area contributed by atoms with Crippen molar-refractivity contribution in [1.29, 1.82) is 0 Å². The summed E-state index contributed by atoms with van der Waals surface area (Å²) < 4.78 is 7.17. The number of carbonyl (C=O) groups is 2. The van der Waals surface area contributed by atoms with Crippen molar-refractivity contribution >= 4 is 11.8 Å². The van der Waals surface area contributed by atoms with Crippen LogP contribution >= 0.6 is 0 Å². The highest BCUT2D eigenvalue weighted by Crippen LogP contribution is 2.22. The number of hydrogen-bond donors (Lipinski definition) is 1. The van der Waals surface area contributed by atoms with Gasteiger partial charge in [-0.3, -0.25) is 14.2 Å². The van der Waals surface area contributed by atoms with Gasteiger partial charge < -0.3 is 14.5 Å². The van der Waals surface area contributed by atoms with Gasteiger partial charge in [0.2, 0.25) is 11.8 Å². The molecule has 0 atom stereocenters. The number of hydrogen-bond acceptors (Lipinski definition) is 5. The van der Waals surface area contributed by atoms with Crippen LogP contribution in [-0.4, -0.2) is 62.6 Å². The van der Waals surface area contributed by atoms with Crippen molar-refractivity contribution in [3.63, 3.8) is 0 Å². The molecule has 154 valence electrons. The summed E-state index contributed by atoms with van der Waals surface area (Å²) in [4.78, 5) is 40.4. The van der Waals surface area contributed by atoms with Gasteiger partial charge in [-0.2, -0.15) is 5.10 Å². The van der Waals surface area contributed by atoms with Gasteiger partial charge in [-0.15, -0.1) is 0 Å². The third-order valence-electron chi connectivity index (χ3n) is 5.60. The van der Waals surface area contributed by atoms with E-state index in [4.69, 9.17) is 4.74 Å². The molecule has 1 aromatic heterocycles. The number of fused-ring (bicyclic) bond motifs is 1. The van der Waals surface area contributed by atoms with Gasteiger partial charge in [0.1, 0.15) is 5.75 Å². The molecule has 0 radical (unpaired) electrons. The van der Waals surface area contributed by atoms with Crippen LogP contribution in [-0.2, 0) is 22.7 Å². The number of para-hydroxylation sites is 1. The molecule has 2 aliphatic rings. The number of benzene rings is 1. The van der Waals surface area contributed by atoms with Gasteiger partial charge in [0.15, 0.2) is 5.82 Å². The number of ether oxygens (including phenoxy) is 1. The monoisotopic (exact) mass is 399 g/mol. The summed E-state index contributed by atoms with van der Waals surface area (Å²) in [5, 5.41) is 6.42. The summed E-state index contributed by atoms with van der Waals surface area (Å²) in [6.07, 6.45) is 1.65. The molecule has 9 heteroatoms. The fourth-order valence-corrected chi connectivity index (χ4v) is 3.93. The lowest BCUT2D eigenvalue weighted by atomic mass is 9.94. The van der Waals surface area contributed by atoms with E-state index in [1.807, 2.05) is 35.2 Å². The van der Waals surface area contributed by atoms with E-state index in [0.717, 1.165) is 5.75 Å². The maximum Gasteiger partial charge on any atom is 0.343 e. The molecule has 1 fully saturated rings. The minimum atomic E-state index is -0.227. The number of nitrogens with zero attached hydrogens (tertiary/aromatic N) is 4. The summed E-state index contributed by atoms with van der Waals surface area (Å²) in [5.74, 6) is 1.42. The van der Waals surface area contributed by atoms with Crippen LogP contribution in [0.3, 0.4) is 0 Å². The van der Waals surface area contributed by atoms with Crippen molar-refractivity contribution in [1.82, 2.24) is 24.6 Å². The van der Waals surface area contributed by atoms with Crippen LogP contribution in [0.4, 0.5) is 0 Å². The number of piperidine rings is 1. The van der Waals surface area contributed by atoms with E-state index in [9.17, 15) is 14.4 Å². The van der Waals surface area contributed by atoms with E-state index in [1.165, 1.54) is 0 Å². The van der Waals surface area contributed by atoms with E-state index >= 15 is 0 Å². The molecule has 2 aromatic rings. The molecule has 2 aliphatic heterocycles. The molecule has 0 spiro atoms. The Hall–Kier alpha value is -3.10. The zero-order chi connectivity index (χ0) is 20.2. The standard InChI is InChI=1S/C20H25N5O4/c26-18(8-13-29-16-4-2-1-3-5-16)23-9-6-15(7-10-23)19(27)24-11-12-25-17(14-24)21-22-20(25)28/h1-5,15H,6-14H2,(H,22,28). The smallest absolute Gasteiger partial charge is 0.343 e. The Labute approximate surface area is 168 Å². The molecule has 1 N–H and O–H groups in total. The Kier molecular flexibility index (Phi) is 5.64. The van der Waals surface area contributed by atoms with Gasteiger partial charge in [-0.25, -0.2) is 9.89 Å². The molecule has 29 heavy (non-hydrogen) atoms. The number of aromatic amines is 1. The molecule has 3 heterocycles. The Morgan fingerprint density at radius 1 is 1.07 bits per heavy atom. The Morgan fingerprint density at radius 2 is 1.83 bits per heavy atom. The van der Waals surface area contributed by atoms with Gasteiger partial charge in [-0.1, -0.05) is 18.2 Å². The van der Waals surface area contributed by atoms with Crippen LogP contribution in [0, 0.1) is 5.92 Å². The van der Waals surface area contributed by atoms with Gasteiger partial charge in [0, 0.05) is 32.1 Å². The summed E-state index contributed by atoms with van der Waals surface area (Å²) in [6, 6.07) is 9.44. The number of H-pyrrole nitrogens is 1. The highest BCUT2D eigenvalue weighted by Gasteiger charge is 2.32. The second-order valence-corrected chi connectivity index (χ2v) is 7.42. The lowest BCUT2D eigenvalue weighted by Gasteiger charge is -2.35. The van der Waals surface area contributed by atoms with Crippen LogP contribution in [0.25, 0.3) is 0 Å². The number of amides is 2. The minimum Gasteiger partial charge on any atom is -0.493 e. The van der Waals surface area contributed by atoms with Crippen molar-refractivity contribution in [2.45, 2.75) is 32.4 Å². The lowest BCUT2D eigenvalue weighted by molar-refractivity contribution is -0.142. The largest absolute Gasteiger partial charge is 0.493 e. The molecule has 0 unspecified atom stereocenters. The number of rotatable bonds is 5. The second-order valence-electron chi connectivity index (χ2n) is 7.42. The Bertz CT molecular complexity index is 914. The number of nitrogens with one attached hydrogen (secondary N) is 1. The first-order chi connectivity index (χ1) is 14.1. The van der Waals surface area contributed by atoms with Gasteiger partial charge in [0.25, 0.3) is 0 Å². The molecular weight excluding hydrogens is 374 g/mol. The van der Waals surface area contributed by atoms with Crippen molar-refractivity contribution in [2.75, 3.05) is 26.2 Å². The van der Waals surface area contributed by atoms with E-state index in [1.54, 1.807) is 9.47 Å². The first-order valence-corrected chi connectivity index (χ1v) is 10.0. The van der Waals surface area contributed by atoms with E-state index in [0.29, 0.717) is 64.4 Å². The SMILES string of the molecule is O=C(CCOc1ccccc1)N1CCC(C(=O)N2CCn3c(n[nH]c3=O)C2)CC1. The fourth-order valence-electron chi connectivity index (χ4n) is 3.93. The second kappa shape index (κ2) is 8.50. The molecular formula is C20H25N5O4. The van der Waals surface area contributed by atoms with E-state index < -0.39 is 0 Å². The first kappa shape index (κ1) is 19.2. The summed E-state index contributed by atoms with van der Waals surface area (Å²) >= 11 is 0. The predicted molar refractivity (Wildman–Crippen MR) is 104 cm³/mol. The van der Waals surface area contributed by atoms with Crippen LogP contribution in [0.2, 0.25) is 0 Å². The third kappa shape index (κ3) is 4.33. The summed E-state index contributed by atoms with van der Waals surface area (Å²) in [7, 11) is 0. The molecule has 1 aromatic carbocycles. The van der Waals surface area contributed by atoms with Crippen LogP contribution < -0.4 is 10.4 Å². The average molecular weight is 399 g/mol. The van der Waals surface area contributed by atoms with Crippen LogP contribution in [0.5, 0.6) is 5.75 Å². The average Bonchev–Trinajstić information content (AvgIpc) is 3.14. The van der Waals surface area contributed by atoms with Crippen molar-refractivity contribution in [2.24, 2.45) is 5.92 Å². The third-order valence-corrected chi connectivity index (χ3v) is 5.60. The fraction of sp³-hybridized carbons (Fsp3) is 0.500. The quantitative estimate of drug-likeness (QED) is 0.795. The maximum absolute atomic E-state index is 12.9. The van der Waals surface area contributed by atoms with E-state index in [2.05, 4.69) is 10.2 Å². The van der Waals surface area contributed by atoms with Gasteiger partial charge in [-0.05, 0) is 25.0 Å². The van der Waals surface area contributed by atoms with E-state index in [-0.39, 0.29) is 23.4 Å². The molecule has 0 bridgehead atoms. The molecule has 4 rings (SSSR count). The summed E-state index contributed by atoms with van der Waals surface area (Å²) in [6.45, 7) is 2.86. The Morgan fingerprint density at radius 3 is 2.59 bits per heavy atom. The van der Waals surface area contributed by atoms with Crippen molar-refractivity contribution in [3.05, 3.63) is 46.6 Å². The molecule has 2 amide bonds. The highest BCUT2D eigenvalue weighted by atomic mass is 16.5. The maximum atomic E-state index is 12.9. The minimum absolute atomic E-state index is 0.0605. The molecule has 9 nitrogen and oxygen atoms in total. The van der Waals surface area contributed by atoms with Crippen molar-refractivity contribution in [3.8, 4) is 5.75 Å². The van der Waals surface area contributed by atoms with Crippen LogP contribution in [0.1, 0.15) is 25.1 Å². The molecule has 0 aliphatic carbocycles.